The second kappa shape index (κ2) is 12.0. The van der Waals surface area contributed by atoms with Crippen LogP contribution < -0.4 is 5.32 Å². The van der Waals surface area contributed by atoms with E-state index >= 15 is 0 Å². The van der Waals surface area contributed by atoms with E-state index in [-0.39, 0.29) is 12.4 Å². The number of hydrogen-bond acceptors (Lipinski definition) is 6. The monoisotopic (exact) mass is 421 g/mol. The first-order valence-corrected chi connectivity index (χ1v) is 11.4. The van der Waals surface area contributed by atoms with E-state index in [1.54, 1.807) is 18.7 Å². The molecule has 1 aliphatic heterocycles. The number of ether oxygens (including phenoxy) is 2. The number of nitrogens with one attached hydrogen (secondary N) is 1. The number of ketones is 1. The predicted molar refractivity (Wildman–Crippen MR) is 114 cm³/mol. The van der Waals surface area contributed by atoms with E-state index in [9.17, 15) is 14.4 Å². The number of thioether (sulfide) groups is 1. The summed E-state index contributed by atoms with van der Waals surface area (Å²) in [6.07, 6.45) is 0.572. The zero-order valence-electron chi connectivity index (χ0n) is 17.4. The summed E-state index contributed by atoms with van der Waals surface area (Å²) in [4.78, 5) is 37.0. The number of esters is 1. The van der Waals surface area contributed by atoms with Crippen LogP contribution in [0.1, 0.15) is 45.6 Å². The maximum Gasteiger partial charge on any atom is 0.338 e. The fourth-order valence-corrected chi connectivity index (χ4v) is 4.11. The van der Waals surface area contributed by atoms with Gasteiger partial charge in [0.05, 0.1) is 12.6 Å². The summed E-state index contributed by atoms with van der Waals surface area (Å²) in [7, 11) is 0. The maximum absolute atomic E-state index is 12.8. The molecule has 0 bridgehead atoms. The molecule has 3 atom stereocenters. The maximum atomic E-state index is 12.8. The average molecular weight is 422 g/mol. The van der Waals surface area contributed by atoms with Gasteiger partial charge in [-0.05, 0) is 18.4 Å². The summed E-state index contributed by atoms with van der Waals surface area (Å²) in [5, 5.41) is 2.80. The highest BCUT2D eigenvalue weighted by Gasteiger charge is 2.52. The third kappa shape index (κ3) is 7.48. The number of epoxide rings is 1. The van der Waals surface area contributed by atoms with Crippen molar-refractivity contribution in [3.05, 3.63) is 35.9 Å². The van der Waals surface area contributed by atoms with Gasteiger partial charge in [0.15, 0.2) is 18.0 Å². The fraction of sp³-hybridized carbons (Fsp3) is 0.591. The molecule has 0 spiro atoms. The van der Waals surface area contributed by atoms with Gasteiger partial charge in [-0.25, -0.2) is 4.79 Å². The van der Waals surface area contributed by atoms with E-state index in [4.69, 9.17) is 9.47 Å². The van der Waals surface area contributed by atoms with Crippen LogP contribution in [0.2, 0.25) is 0 Å². The molecular formula is C22H31NO5S. The van der Waals surface area contributed by atoms with Crippen LogP contribution >= 0.6 is 11.8 Å². The summed E-state index contributed by atoms with van der Waals surface area (Å²) < 4.78 is 10.0. The Bertz CT molecular complexity index is 677. The standard InChI is InChI=1S/C22H31NO5S/c1-4-15(5-2)12-18(24)17(14-29-13-16-10-8-7-9-11-16)23-21(25)19-20(28-19)22(26)27-6-3/h7-11,15,17,19-20H,4-6,12-14H2,1-3H3,(H,23,25)/t17-,19-,20-/m0/s1. The molecule has 1 N–H and O–H groups in total. The van der Waals surface area contributed by atoms with Gasteiger partial charge in [0.1, 0.15) is 0 Å². The van der Waals surface area contributed by atoms with Crippen molar-refractivity contribution in [3.63, 3.8) is 0 Å². The first-order valence-electron chi connectivity index (χ1n) is 10.3. The van der Waals surface area contributed by atoms with Crippen molar-refractivity contribution in [1.29, 1.82) is 0 Å². The van der Waals surface area contributed by atoms with E-state index in [0.29, 0.717) is 18.1 Å². The van der Waals surface area contributed by atoms with Crippen LogP contribution in [0.5, 0.6) is 0 Å². The van der Waals surface area contributed by atoms with Crippen molar-refractivity contribution in [2.75, 3.05) is 12.4 Å². The van der Waals surface area contributed by atoms with Gasteiger partial charge in [-0.1, -0.05) is 57.0 Å². The lowest BCUT2D eigenvalue weighted by molar-refractivity contribution is -0.144. The molecule has 0 saturated carbocycles. The van der Waals surface area contributed by atoms with Gasteiger partial charge in [0.25, 0.3) is 5.91 Å². The smallest absolute Gasteiger partial charge is 0.338 e. The molecule has 0 aliphatic carbocycles. The number of rotatable bonds is 13. The molecule has 1 aliphatic rings. The summed E-state index contributed by atoms with van der Waals surface area (Å²) in [6.45, 7) is 6.08. The number of carbonyl (C=O) groups is 3. The van der Waals surface area contributed by atoms with Crippen LogP contribution in [0.4, 0.5) is 0 Å². The normalized spacial score (nSPS) is 18.9. The second-order valence-corrected chi connectivity index (χ2v) is 8.17. The van der Waals surface area contributed by atoms with Crippen molar-refractivity contribution in [2.45, 2.75) is 64.0 Å². The lowest BCUT2D eigenvalue weighted by Crippen LogP contribution is -2.45. The van der Waals surface area contributed by atoms with Gasteiger partial charge in [-0.2, -0.15) is 11.8 Å². The van der Waals surface area contributed by atoms with Crippen molar-refractivity contribution in [3.8, 4) is 0 Å². The SMILES string of the molecule is CCOC(=O)[C@H]1O[C@@H]1C(=O)N[C@@H](CSCc1ccccc1)C(=O)CC(CC)CC. The Morgan fingerprint density at radius 2 is 1.79 bits per heavy atom. The third-order valence-corrected chi connectivity index (χ3v) is 6.12. The fourth-order valence-electron chi connectivity index (χ4n) is 3.06. The first kappa shape index (κ1) is 23.4. The number of amides is 1. The molecule has 160 valence electrons. The Labute approximate surface area is 177 Å². The van der Waals surface area contributed by atoms with Gasteiger partial charge in [0.2, 0.25) is 0 Å². The lowest BCUT2D eigenvalue weighted by atomic mass is 9.94. The highest BCUT2D eigenvalue weighted by molar-refractivity contribution is 7.98. The predicted octanol–water partition coefficient (Wildman–Crippen LogP) is 3.13. The first-order chi connectivity index (χ1) is 14.0. The number of benzene rings is 1. The molecule has 29 heavy (non-hydrogen) atoms. The van der Waals surface area contributed by atoms with Crippen LogP contribution in [-0.4, -0.2) is 48.3 Å². The molecule has 1 aromatic rings. The highest BCUT2D eigenvalue weighted by Crippen LogP contribution is 2.24. The van der Waals surface area contributed by atoms with E-state index < -0.39 is 30.1 Å². The minimum atomic E-state index is -0.864. The molecule has 1 fully saturated rings. The summed E-state index contributed by atoms with van der Waals surface area (Å²) >= 11 is 1.61. The second-order valence-electron chi connectivity index (χ2n) is 7.14. The molecule has 6 nitrogen and oxygen atoms in total. The van der Waals surface area contributed by atoms with Crippen LogP contribution in [0.3, 0.4) is 0 Å². The Morgan fingerprint density at radius 1 is 1.10 bits per heavy atom. The van der Waals surface area contributed by atoms with Gasteiger partial charge >= 0.3 is 5.97 Å². The zero-order valence-corrected chi connectivity index (χ0v) is 18.2. The Balaban J connectivity index is 1.93. The van der Waals surface area contributed by atoms with Gasteiger partial charge < -0.3 is 14.8 Å². The minimum Gasteiger partial charge on any atom is -0.464 e. The highest BCUT2D eigenvalue weighted by atomic mass is 32.2. The van der Waals surface area contributed by atoms with Crippen molar-refractivity contribution < 1.29 is 23.9 Å². The van der Waals surface area contributed by atoms with Crippen LogP contribution in [0, 0.1) is 5.92 Å². The minimum absolute atomic E-state index is 0.0287. The molecule has 0 unspecified atom stereocenters. The molecule has 1 amide bonds. The largest absolute Gasteiger partial charge is 0.464 e. The van der Waals surface area contributed by atoms with E-state index in [0.717, 1.165) is 18.6 Å². The lowest BCUT2D eigenvalue weighted by Gasteiger charge is -2.20. The summed E-state index contributed by atoms with van der Waals surface area (Å²) in [5.41, 5.74) is 1.17. The van der Waals surface area contributed by atoms with E-state index in [1.807, 2.05) is 30.3 Å². The van der Waals surface area contributed by atoms with Gasteiger partial charge in [-0.15, -0.1) is 0 Å². The Hall–Kier alpha value is -1.86. The topological polar surface area (TPSA) is 85.0 Å². The van der Waals surface area contributed by atoms with Crippen molar-refractivity contribution in [2.24, 2.45) is 5.92 Å². The molecule has 0 radical (unpaired) electrons. The van der Waals surface area contributed by atoms with Crippen molar-refractivity contribution >= 4 is 29.4 Å². The number of Topliss-reactive ketones (excluding diaryl/α,β-unsaturated/α-hetero) is 1. The zero-order chi connectivity index (χ0) is 21.2. The molecule has 1 aromatic carbocycles. The summed E-state index contributed by atoms with van der Waals surface area (Å²) in [6, 6.07) is 9.40. The van der Waals surface area contributed by atoms with Gasteiger partial charge in [0, 0.05) is 17.9 Å². The van der Waals surface area contributed by atoms with E-state index in [1.165, 1.54) is 5.56 Å². The Kier molecular flexibility index (Phi) is 9.67. The van der Waals surface area contributed by atoms with Crippen LogP contribution in [0.25, 0.3) is 0 Å². The molecule has 1 saturated heterocycles. The molecule has 7 heteroatoms. The van der Waals surface area contributed by atoms with Crippen molar-refractivity contribution in [1.82, 2.24) is 5.32 Å². The third-order valence-electron chi connectivity index (χ3n) is 5.01. The van der Waals surface area contributed by atoms with Crippen LogP contribution in [-0.2, 0) is 29.6 Å². The van der Waals surface area contributed by atoms with Gasteiger partial charge in [-0.3, -0.25) is 9.59 Å². The number of hydrogen-bond donors (Lipinski definition) is 1. The Morgan fingerprint density at radius 3 is 2.41 bits per heavy atom. The summed E-state index contributed by atoms with van der Waals surface area (Å²) in [5.74, 6) is 0.622. The van der Waals surface area contributed by atoms with E-state index in [2.05, 4.69) is 19.2 Å². The quantitative estimate of drug-likeness (QED) is 0.389. The average Bonchev–Trinajstić information content (AvgIpc) is 3.53. The molecular weight excluding hydrogens is 390 g/mol. The molecule has 0 aromatic heterocycles. The number of carbonyl (C=O) groups excluding carboxylic acids is 3. The van der Waals surface area contributed by atoms with Crippen LogP contribution in [0.15, 0.2) is 30.3 Å². The molecule has 2 rings (SSSR count). The molecule has 1 heterocycles.